The van der Waals surface area contributed by atoms with Crippen molar-refractivity contribution in [1.82, 2.24) is 46.8 Å². The number of hydrogen-bond donors (Lipinski definition) is 16. The molecule has 3 aromatic carbocycles. The van der Waals surface area contributed by atoms with Crippen molar-refractivity contribution in [1.29, 1.82) is 0 Å². The highest BCUT2D eigenvalue weighted by atomic mass is 32.2. The molecule has 37 heteroatoms. The molecule has 1 aliphatic carbocycles. The number of ether oxygens (including phenoxy) is 2. The standard InChI is InChI=1S/C77H99N15O21S/c1-8-73(110)34-40-35-76(71(109)113-7,60-44(21-26-90(36-40)38-73)43-14-10-11-15-47(43)82-60)46-28-45-53(32-54(46)112-6)89(5)68-75(45)23-27-91-25-13-22-74(9-2,67(75)91)69(107)77(68,111)70(108)88-87-39(3)41-17-19-42(20-18-41)92-56(93)33-55(65(92)104)114-37-52(66(105)106)86-64(103)51(31-59(98)99)85-63(102)50(30-58(96)97)84-61(100)48(16-12-24-81-72(78)79)83-62(101)49(80-4)29-57(94)95/h10-11,13-15,17-20,22,28,32,40,48-52,55,67-69,80,82,107,110-111H,8-9,12,16,21,23-27,29-31,33-38H2,1-7H3,(H,83,101)(H,84,100)(H,85,102)(H,86,103)(H,88,108)(H,94,95)(H,96,97)(H,98,99)(H,105,106)(H4,78,79,81)/t40-,48+,49+,50+,51+,52+,55?,67+,68-,69-,73+,74-,75-,76+,77+/m1/s1. The maximum Gasteiger partial charge on any atom is 0.327 e. The highest BCUT2D eigenvalue weighted by Gasteiger charge is 2.79. The average molecular weight is 1600 g/mol. The highest BCUT2D eigenvalue weighted by molar-refractivity contribution is 8.00. The maximum absolute atomic E-state index is 15.7. The van der Waals surface area contributed by atoms with Gasteiger partial charge in [-0.15, -0.1) is 11.8 Å². The van der Waals surface area contributed by atoms with E-state index in [1.54, 1.807) is 14.0 Å². The van der Waals surface area contributed by atoms with E-state index in [0.717, 1.165) is 26.9 Å². The third-order valence-electron chi connectivity index (χ3n) is 23.9. The molecule has 16 atom stereocenters. The number of thioether (sulfide) groups is 1. The number of aliphatic imine (C=N–C) groups is 1. The quantitative estimate of drug-likeness (QED) is 0.00543. The number of nitrogens with two attached hydrogens (primary N) is 2. The van der Waals surface area contributed by atoms with Gasteiger partial charge in [0.25, 0.3) is 5.91 Å². The predicted molar refractivity (Wildman–Crippen MR) is 414 cm³/mol. The van der Waals surface area contributed by atoms with Gasteiger partial charge in [0, 0.05) is 103 Å². The minimum atomic E-state index is -2.63. The van der Waals surface area contributed by atoms with Gasteiger partial charge in [0.2, 0.25) is 35.4 Å². The van der Waals surface area contributed by atoms with Crippen LogP contribution in [0.4, 0.5) is 11.4 Å². The van der Waals surface area contributed by atoms with Crippen LogP contribution in [0.15, 0.2) is 82.9 Å². The summed E-state index contributed by atoms with van der Waals surface area (Å²) in [6.45, 7) is 8.10. The Hall–Kier alpha value is -10.6. The first kappa shape index (κ1) is 84.3. The van der Waals surface area contributed by atoms with E-state index in [-0.39, 0.29) is 55.5 Å². The van der Waals surface area contributed by atoms with Gasteiger partial charge in [0.1, 0.15) is 41.4 Å². The second-order valence-corrected chi connectivity index (χ2v) is 31.8. The van der Waals surface area contributed by atoms with Crippen LogP contribution in [-0.4, -0.2) is 272 Å². The summed E-state index contributed by atoms with van der Waals surface area (Å²) in [6.07, 6.45) is 0.685. The van der Waals surface area contributed by atoms with E-state index in [1.165, 1.54) is 45.5 Å². The number of rotatable bonds is 32. The number of nitrogens with one attached hydrogen (secondary N) is 7. The number of fused-ring (bicyclic) bond motifs is 6. The molecule has 614 valence electrons. The summed E-state index contributed by atoms with van der Waals surface area (Å²) < 4.78 is 12.5. The number of likely N-dealkylation sites (N-methyl/N-ethyl adjacent to an activating group) is 2. The largest absolute Gasteiger partial charge is 0.496 e. The number of carboxylic acid groups (broad SMARTS) is 4. The molecule has 4 aromatic rings. The SMILES string of the molecule is CC[C@]1(O)C[C@H]2CN(CCc3c([nH]c4ccccc34)[C@@](C(=O)OC)(c3cc4c(cc3OC)N(C)[C@H]3[C@@](O)(C(=O)NN=C(C)c5ccc(N6C(=O)CC(SC[C@H](NC(=O)[C@H](CC(=O)O)NC(=O)[C@H](CC(=O)O)NC(=O)[C@H](CCCN=C(N)N)NC(=O)[C@H](CC(=O)O)NC)C(=O)O)C6=O)cc5)[C@H](O)[C@]5(CC)C=CCN6CC[C@]43[C@@H]65)C2)C1. The zero-order valence-electron chi connectivity index (χ0n) is 64.2. The number of nitrogens with zero attached hydrogens (tertiary/aromatic N) is 6. The van der Waals surface area contributed by atoms with E-state index in [1.807, 2.05) is 72.6 Å². The number of amides is 7. The zero-order chi connectivity index (χ0) is 82.8. The highest BCUT2D eigenvalue weighted by Crippen LogP contribution is 2.68. The summed E-state index contributed by atoms with van der Waals surface area (Å²) in [7, 11) is 5.95. The number of H-pyrrole nitrogens is 1. The Morgan fingerprint density at radius 3 is 2.03 bits per heavy atom. The number of guanidine groups is 1. The normalized spacial score (nSPS) is 27.4. The number of methoxy groups -OCH3 is 2. The number of anilines is 2. The number of para-hydroxylation sites is 1. The lowest BCUT2D eigenvalue weighted by molar-refractivity contribution is -0.203. The fourth-order valence-corrected chi connectivity index (χ4v) is 19.9. The van der Waals surface area contributed by atoms with Gasteiger partial charge in [-0.2, -0.15) is 5.10 Å². The molecular weight excluding hydrogens is 1500 g/mol. The van der Waals surface area contributed by atoms with E-state index >= 15 is 9.59 Å². The van der Waals surface area contributed by atoms with Gasteiger partial charge in [-0.25, -0.2) is 15.1 Å². The van der Waals surface area contributed by atoms with Crippen molar-refractivity contribution in [2.75, 3.05) is 83.1 Å². The predicted octanol–water partition coefficient (Wildman–Crippen LogP) is -0.758. The monoisotopic (exact) mass is 1600 g/mol. The first-order chi connectivity index (χ1) is 54.1. The van der Waals surface area contributed by atoms with Crippen molar-refractivity contribution in [3.63, 3.8) is 0 Å². The van der Waals surface area contributed by atoms with Gasteiger partial charge >= 0.3 is 29.8 Å². The molecule has 0 radical (unpaired) electrons. The lowest BCUT2D eigenvalue weighted by atomic mass is 9.47. The Kier molecular flexibility index (Phi) is 25.0. The number of carbonyl (C=O) groups excluding carboxylic acids is 8. The number of imide groups is 1. The molecule has 18 N–H and O–H groups in total. The number of aliphatic hydroxyl groups excluding tert-OH is 1. The number of esters is 1. The minimum absolute atomic E-state index is 0.00624. The minimum Gasteiger partial charge on any atom is -0.496 e. The van der Waals surface area contributed by atoms with Gasteiger partial charge in [-0.1, -0.05) is 56.3 Å². The Balaban J connectivity index is 0.806. The fourth-order valence-electron chi connectivity index (χ4n) is 18.7. The van der Waals surface area contributed by atoms with Gasteiger partial charge in [-0.3, -0.25) is 67.5 Å². The van der Waals surface area contributed by atoms with Crippen LogP contribution in [0.1, 0.15) is 119 Å². The molecule has 2 bridgehead atoms. The lowest BCUT2D eigenvalue weighted by Crippen LogP contribution is -2.81. The molecule has 114 heavy (non-hydrogen) atoms. The Morgan fingerprint density at radius 1 is 0.781 bits per heavy atom. The number of hydrazone groups is 1. The third-order valence-corrected chi connectivity index (χ3v) is 25.2. The van der Waals surface area contributed by atoms with Gasteiger partial charge in [0.05, 0.1) is 67.8 Å². The van der Waals surface area contributed by atoms with Crippen LogP contribution in [0.2, 0.25) is 0 Å². The molecule has 1 aromatic heterocycles. The van der Waals surface area contributed by atoms with Crippen LogP contribution in [0, 0.1) is 11.3 Å². The number of aliphatic hydroxyl groups is 3. The number of carbonyl (C=O) groups is 12. The van der Waals surface area contributed by atoms with Crippen molar-refractivity contribution in [3.8, 4) is 5.75 Å². The molecule has 7 heterocycles. The molecule has 3 saturated heterocycles. The number of hydrogen-bond acceptors (Lipinski definition) is 24. The summed E-state index contributed by atoms with van der Waals surface area (Å²) in [5, 5.41) is 93.8. The van der Waals surface area contributed by atoms with Crippen LogP contribution in [0.25, 0.3) is 10.9 Å². The smallest absolute Gasteiger partial charge is 0.327 e. The molecule has 6 aliphatic heterocycles. The number of aromatic amines is 1. The number of aromatic nitrogens is 1. The van der Waals surface area contributed by atoms with E-state index in [0.29, 0.717) is 98.4 Å². The van der Waals surface area contributed by atoms with Gasteiger partial charge in [-0.05, 0) is 119 Å². The average Bonchev–Trinajstić information content (AvgIpc) is 1.48. The number of benzene rings is 3. The van der Waals surface area contributed by atoms with Crippen molar-refractivity contribution in [2.24, 2.45) is 32.9 Å². The van der Waals surface area contributed by atoms with E-state index in [4.69, 9.17) is 20.9 Å². The molecule has 2 unspecified atom stereocenters. The van der Waals surface area contributed by atoms with Gasteiger partial charge < -0.3 is 93.2 Å². The summed E-state index contributed by atoms with van der Waals surface area (Å²) >= 11 is 0.661. The van der Waals surface area contributed by atoms with Crippen LogP contribution >= 0.6 is 11.8 Å². The number of piperidine rings is 1. The van der Waals surface area contributed by atoms with Crippen LogP contribution in [-0.2, 0) is 79.5 Å². The third kappa shape index (κ3) is 15.8. The molecule has 7 amide bonds. The van der Waals surface area contributed by atoms with E-state index < -0.39 is 184 Å². The second kappa shape index (κ2) is 33.9. The molecule has 4 fully saturated rings. The summed E-state index contributed by atoms with van der Waals surface area (Å²) in [5.74, 6) is -15.3. The zero-order valence-corrected chi connectivity index (χ0v) is 65.0. The molecule has 1 spiro atoms. The molecule has 7 aliphatic rings. The molecule has 1 saturated carbocycles. The van der Waals surface area contributed by atoms with Crippen molar-refractivity contribution < 1.29 is 103 Å². The topological polar surface area (TPSA) is 543 Å². The van der Waals surface area contributed by atoms with Crippen molar-refractivity contribution in [3.05, 3.63) is 101 Å². The fraction of sp³-hybridized carbons (Fsp3) is 0.532. The lowest BCUT2D eigenvalue weighted by Gasteiger charge is -2.63. The molecular formula is C77H99N15O21S. The van der Waals surface area contributed by atoms with Crippen LogP contribution in [0.3, 0.4) is 0 Å². The van der Waals surface area contributed by atoms with Crippen molar-refractivity contribution >= 4 is 117 Å². The van der Waals surface area contributed by atoms with Crippen LogP contribution < -0.4 is 58.0 Å². The first-order valence-electron chi connectivity index (χ1n) is 37.8. The number of carboxylic acids is 4. The summed E-state index contributed by atoms with van der Waals surface area (Å²) in [4.78, 5) is 177. The first-order valence-corrected chi connectivity index (χ1v) is 38.8. The Morgan fingerprint density at radius 2 is 1.41 bits per heavy atom. The van der Waals surface area contributed by atoms with E-state index in [2.05, 4.69) is 51.6 Å². The maximum atomic E-state index is 15.7. The Labute approximate surface area is 659 Å². The Bertz CT molecular complexity index is 4570. The van der Waals surface area contributed by atoms with E-state index in [9.17, 15) is 83.7 Å². The second-order valence-electron chi connectivity index (χ2n) is 30.6. The molecule has 11 rings (SSSR count). The summed E-state index contributed by atoms with van der Waals surface area (Å²) in [5.41, 5.74) is 10.6. The number of aliphatic carboxylic acids is 4. The molecule has 36 nitrogen and oxygen atoms in total. The summed E-state index contributed by atoms with van der Waals surface area (Å²) in [6, 6.07) is 6.93. The van der Waals surface area contributed by atoms with Crippen LogP contribution in [0.5, 0.6) is 5.75 Å². The van der Waals surface area contributed by atoms with Gasteiger partial charge in [0.15, 0.2) is 11.6 Å². The van der Waals surface area contributed by atoms with Crippen molar-refractivity contribution in [2.45, 2.75) is 173 Å².